The van der Waals surface area contributed by atoms with Crippen molar-refractivity contribution < 1.29 is 15.0 Å². The molecule has 0 bridgehead atoms. The fourth-order valence-electron chi connectivity index (χ4n) is 1.67. The van der Waals surface area contributed by atoms with Crippen molar-refractivity contribution in [1.29, 1.82) is 0 Å². The van der Waals surface area contributed by atoms with Gasteiger partial charge >= 0.3 is 0 Å². The number of aliphatic hydroxyl groups excluding tert-OH is 1. The van der Waals surface area contributed by atoms with Gasteiger partial charge in [0, 0.05) is 20.2 Å². The molecule has 0 saturated heterocycles. The van der Waals surface area contributed by atoms with E-state index >= 15 is 0 Å². The molecule has 4 N–H and O–H groups in total. The lowest BCUT2D eigenvalue weighted by Gasteiger charge is -2.21. The molecule has 0 aliphatic carbocycles. The number of phenolic OH excluding ortho intramolecular Hbond substituents is 1. The van der Waals surface area contributed by atoms with E-state index in [4.69, 9.17) is 15.9 Å². The third-order valence-corrected chi connectivity index (χ3v) is 2.74. The Morgan fingerprint density at radius 3 is 2.56 bits per heavy atom. The zero-order valence-corrected chi connectivity index (χ0v) is 10.5. The molecule has 0 aliphatic heterocycles. The highest BCUT2D eigenvalue weighted by atomic mass is 16.3. The molecule has 18 heavy (non-hydrogen) atoms. The number of carbonyl (C=O) groups excluding carboxylic acids is 1. The van der Waals surface area contributed by atoms with Crippen LogP contribution in [0.25, 0.3) is 0 Å². The SMILES string of the molecule is CN(CCCO)C(=O)[C@@H](N)Cc1ccc(O)cc1. The largest absolute Gasteiger partial charge is 0.508 e. The van der Waals surface area contributed by atoms with Gasteiger partial charge in [-0.3, -0.25) is 4.79 Å². The van der Waals surface area contributed by atoms with Gasteiger partial charge in [0.25, 0.3) is 0 Å². The Morgan fingerprint density at radius 1 is 1.39 bits per heavy atom. The van der Waals surface area contributed by atoms with E-state index < -0.39 is 6.04 Å². The Morgan fingerprint density at radius 2 is 2.00 bits per heavy atom. The Hall–Kier alpha value is -1.59. The second-order valence-electron chi connectivity index (χ2n) is 4.31. The molecule has 0 fully saturated rings. The highest BCUT2D eigenvalue weighted by Crippen LogP contribution is 2.11. The lowest BCUT2D eigenvalue weighted by Crippen LogP contribution is -2.43. The van der Waals surface area contributed by atoms with E-state index in [0.717, 1.165) is 5.56 Å². The lowest BCUT2D eigenvalue weighted by atomic mass is 10.1. The monoisotopic (exact) mass is 252 g/mol. The third-order valence-electron chi connectivity index (χ3n) is 2.74. The van der Waals surface area contributed by atoms with Crippen molar-refractivity contribution in [3.63, 3.8) is 0 Å². The highest BCUT2D eigenvalue weighted by Gasteiger charge is 2.17. The molecule has 0 saturated carbocycles. The van der Waals surface area contributed by atoms with E-state index in [1.807, 2.05) is 0 Å². The number of amides is 1. The summed E-state index contributed by atoms with van der Waals surface area (Å²) in [7, 11) is 1.68. The van der Waals surface area contributed by atoms with Gasteiger partial charge in [-0.1, -0.05) is 12.1 Å². The average molecular weight is 252 g/mol. The van der Waals surface area contributed by atoms with Crippen molar-refractivity contribution in [2.45, 2.75) is 18.9 Å². The summed E-state index contributed by atoms with van der Waals surface area (Å²) in [4.78, 5) is 13.4. The molecular weight excluding hydrogens is 232 g/mol. The number of aliphatic hydroxyl groups is 1. The van der Waals surface area contributed by atoms with E-state index in [1.54, 1.807) is 31.3 Å². The van der Waals surface area contributed by atoms with E-state index in [0.29, 0.717) is 19.4 Å². The van der Waals surface area contributed by atoms with Gasteiger partial charge < -0.3 is 20.8 Å². The number of carbonyl (C=O) groups is 1. The number of aromatic hydroxyl groups is 1. The predicted molar refractivity (Wildman–Crippen MR) is 69.1 cm³/mol. The van der Waals surface area contributed by atoms with E-state index in [-0.39, 0.29) is 18.3 Å². The van der Waals surface area contributed by atoms with E-state index in [2.05, 4.69) is 0 Å². The van der Waals surface area contributed by atoms with Crippen molar-refractivity contribution in [1.82, 2.24) is 4.90 Å². The van der Waals surface area contributed by atoms with Crippen LogP contribution in [0, 0.1) is 0 Å². The number of likely N-dealkylation sites (N-methyl/N-ethyl adjacent to an activating group) is 1. The Bertz CT molecular complexity index is 378. The molecule has 0 unspecified atom stereocenters. The second-order valence-corrected chi connectivity index (χ2v) is 4.31. The van der Waals surface area contributed by atoms with Crippen molar-refractivity contribution >= 4 is 5.91 Å². The molecule has 0 aliphatic rings. The molecular formula is C13H20N2O3. The standard InChI is InChI=1S/C13H20N2O3/c1-15(7-2-8-16)13(18)12(14)9-10-3-5-11(17)6-4-10/h3-6,12,16-17H,2,7-9,14H2,1H3/t12-/m0/s1. The first-order valence-electron chi connectivity index (χ1n) is 5.94. The van der Waals surface area contributed by atoms with E-state index in [1.165, 1.54) is 4.90 Å². The summed E-state index contributed by atoms with van der Waals surface area (Å²) >= 11 is 0. The smallest absolute Gasteiger partial charge is 0.239 e. The number of nitrogens with two attached hydrogens (primary N) is 1. The zero-order valence-electron chi connectivity index (χ0n) is 10.5. The van der Waals surface area contributed by atoms with Crippen molar-refractivity contribution in [2.75, 3.05) is 20.2 Å². The molecule has 1 amide bonds. The number of hydrogen-bond acceptors (Lipinski definition) is 4. The van der Waals surface area contributed by atoms with Gasteiger partial charge in [-0.2, -0.15) is 0 Å². The molecule has 1 atom stereocenters. The maximum Gasteiger partial charge on any atom is 0.239 e. The molecule has 0 spiro atoms. The first kappa shape index (κ1) is 14.5. The summed E-state index contributed by atoms with van der Waals surface area (Å²) in [5, 5.41) is 17.9. The minimum atomic E-state index is -0.599. The average Bonchev–Trinajstić information content (AvgIpc) is 2.37. The minimum Gasteiger partial charge on any atom is -0.508 e. The van der Waals surface area contributed by atoms with Crippen molar-refractivity contribution in [2.24, 2.45) is 5.73 Å². The maximum atomic E-state index is 11.9. The normalized spacial score (nSPS) is 12.2. The minimum absolute atomic E-state index is 0.0603. The zero-order chi connectivity index (χ0) is 13.5. The first-order valence-corrected chi connectivity index (χ1v) is 5.94. The maximum absolute atomic E-state index is 11.9. The van der Waals surface area contributed by atoms with Gasteiger partial charge in [0.2, 0.25) is 5.91 Å². The van der Waals surface area contributed by atoms with Crippen molar-refractivity contribution in [3.05, 3.63) is 29.8 Å². The fourth-order valence-corrected chi connectivity index (χ4v) is 1.67. The van der Waals surface area contributed by atoms with Crippen LogP contribution < -0.4 is 5.73 Å². The second kappa shape index (κ2) is 6.98. The quantitative estimate of drug-likeness (QED) is 0.670. The fraction of sp³-hybridized carbons (Fsp3) is 0.462. The van der Waals surface area contributed by atoms with Gasteiger partial charge in [-0.25, -0.2) is 0 Å². The Kier molecular flexibility index (Phi) is 5.61. The molecule has 0 aromatic heterocycles. The molecule has 1 aromatic carbocycles. The van der Waals surface area contributed by atoms with Crippen LogP contribution in [0.3, 0.4) is 0 Å². The molecule has 0 radical (unpaired) electrons. The summed E-state index contributed by atoms with van der Waals surface area (Å²) in [5.74, 6) is 0.0511. The van der Waals surface area contributed by atoms with Gasteiger partial charge in [0.05, 0.1) is 6.04 Å². The van der Waals surface area contributed by atoms with Crippen LogP contribution in [0.4, 0.5) is 0 Å². The van der Waals surface area contributed by atoms with E-state index in [9.17, 15) is 4.79 Å². The molecule has 5 heteroatoms. The topological polar surface area (TPSA) is 86.8 Å². The molecule has 0 heterocycles. The van der Waals surface area contributed by atoms with Crippen LogP contribution >= 0.6 is 0 Å². The number of rotatable bonds is 6. The molecule has 1 rings (SSSR count). The summed E-state index contributed by atoms with van der Waals surface area (Å²) in [5.41, 5.74) is 6.75. The molecule has 100 valence electrons. The van der Waals surface area contributed by atoms with Gasteiger partial charge in [-0.05, 0) is 30.5 Å². The van der Waals surface area contributed by atoms with Gasteiger partial charge in [0.1, 0.15) is 5.75 Å². The summed E-state index contributed by atoms with van der Waals surface area (Å²) in [6.45, 7) is 0.559. The van der Waals surface area contributed by atoms with Crippen LogP contribution in [-0.2, 0) is 11.2 Å². The van der Waals surface area contributed by atoms with Crippen LogP contribution in [-0.4, -0.2) is 47.3 Å². The van der Waals surface area contributed by atoms with Gasteiger partial charge in [-0.15, -0.1) is 0 Å². The number of benzene rings is 1. The van der Waals surface area contributed by atoms with Crippen molar-refractivity contribution in [3.8, 4) is 5.75 Å². The number of phenols is 1. The Balaban J connectivity index is 2.51. The first-order chi connectivity index (χ1) is 8.54. The predicted octanol–water partition coefficient (Wildman–Crippen LogP) is 0.103. The highest BCUT2D eigenvalue weighted by molar-refractivity contribution is 5.81. The van der Waals surface area contributed by atoms with Crippen LogP contribution in [0.2, 0.25) is 0 Å². The van der Waals surface area contributed by atoms with Crippen LogP contribution in [0.1, 0.15) is 12.0 Å². The van der Waals surface area contributed by atoms with Gasteiger partial charge in [0.15, 0.2) is 0 Å². The third kappa shape index (κ3) is 4.35. The number of nitrogens with zero attached hydrogens (tertiary/aromatic N) is 1. The number of hydrogen-bond donors (Lipinski definition) is 3. The van der Waals surface area contributed by atoms with Crippen LogP contribution in [0.5, 0.6) is 5.75 Å². The van der Waals surface area contributed by atoms with Crippen LogP contribution in [0.15, 0.2) is 24.3 Å². The lowest BCUT2D eigenvalue weighted by molar-refractivity contribution is -0.131. The summed E-state index contributed by atoms with van der Waals surface area (Å²) in [6.07, 6.45) is 0.983. The Labute approximate surface area is 107 Å². The summed E-state index contributed by atoms with van der Waals surface area (Å²) < 4.78 is 0. The molecule has 1 aromatic rings. The molecule has 5 nitrogen and oxygen atoms in total. The summed E-state index contributed by atoms with van der Waals surface area (Å²) in [6, 6.07) is 6.04.